The maximum Gasteiger partial charge on any atom is 0.253 e. The molecule has 2 heterocycles. The Balaban J connectivity index is 2.00. The number of aromatic nitrogens is 1. The first-order valence-corrected chi connectivity index (χ1v) is 5.60. The average Bonchev–Trinajstić information content (AvgIpc) is 2.68. The third-order valence-corrected chi connectivity index (χ3v) is 2.88. The Morgan fingerprint density at radius 1 is 1.62 bits per heavy atom. The van der Waals surface area contributed by atoms with Crippen molar-refractivity contribution in [3.05, 3.63) is 23.5 Å². The number of ether oxygens (including phenoxy) is 1. The van der Waals surface area contributed by atoms with Gasteiger partial charge in [0.05, 0.1) is 23.0 Å². The average molecular weight is 241 g/mol. The van der Waals surface area contributed by atoms with Crippen molar-refractivity contribution < 1.29 is 9.53 Å². The van der Waals surface area contributed by atoms with Crippen LogP contribution in [-0.4, -0.2) is 23.1 Å². The maximum atomic E-state index is 11.8. The molecule has 1 aromatic heterocycles. The number of hydrogen-bond acceptors (Lipinski definition) is 3. The number of nitrogens with zero attached hydrogens (tertiary/aromatic N) is 1. The summed E-state index contributed by atoms with van der Waals surface area (Å²) in [5.74, 6) is -0.153. The number of pyridine rings is 1. The number of carbonyl (C=O) groups excluding carboxylic acids is 1. The molecule has 2 atom stereocenters. The van der Waals surface area contributed by atoms with Gasteiger partial charge in [-0.05, 0) is 25.8 Å². The molecule has 4 nitrogen and oxygen atoms in total. The summed E-state index contributed by atoms with van der Waals surface area (Å²) in [5, 5.41) is 3.20. The zero-order valence-electron chi connectivity index (χ0n) is 8.94. The molecule has 0 radical (unpaired) electrons. The SMILES string of the molecule is CC1CCC(C(=O)Nc2cnccc2Cl)O1. The van der Waals surface area contributed by atoms with Crippen LogP contribution in [0.2, 0.25) is 5.02 Å². The van der Waals surface area contributed by atoms with Crippen LogP contribution in [-0.2, 0) is 9.53 Å². The zero-order chi connectivity index (χ0) is 11.5. The van der Waals surface area contributed by atoms with E-state index in [-0.39, 0.29) is 18.1 Å². The second-order valence-electron chi connectivity index (χ2n) is 3.86. The minimum Gasteiger partial charge on any atom is -0.365 e. The van der Waals surface area contributed by atoms with E-state index in [0.29, 0.717) is 10.7 Å². The van der Waals surface area contributed by atoms with Crippen LogP contribution in [0.1, 0.15) is 19.8 Å². The molecule has 0 bridgehead atoms. The molecule has 1 fully saturated rings. The molecular weight excluding hydrogens is 228 g/mol. The van der Waals surface area contributed by atoms with Gasteiger partial charge >= 0.3 is 0 Å². The zero-order valence-corrected chi connectivity index (χ0v) is 9.70. The van der Waals surface area contributed by atoms with Crippen molar-refractivity contribution in [1.29, 1.82) is 0 Å². The molecule has 5 heteroatoms. The Kier molecular flexibility index (Phi) is 3.41. The summed E-state index contributed by atoms with van der Waals surface area (Å²) in [4.78, 5) is 15.7. The van der Waals surface area contributed by atoms with E-state index >= 15 is 0 Å². The third-order valence-electron chi connectivity index (χ3n) is 2.55. The minimum absolute atomic E-state index is 0.153. The Morgan fingerprint density at radius 3 is 3.06 bits per heavy atom. The first-order chi connectivity index (χ1) is 7.66. The van der Waals surface area contributed by atoms with E-state index in [9.17, 15) is 4.79 Å². The Morgan fingerprint density at radius 2 is 2.44 bits per heavy atom. The van der Waals surface area contributed by atoms with Crippen LogP contribution in [0.3, 0.4) is 0 Å². The van der Waals surface area contributed by atoms with Gasteiger partial charge in [-0.3, -0.25) is 9.78 Å². The molecule has 1 aliphatic heterocycles. The highest BCUT2D eigenvalue weighted by molar-refractivity contribution is 6.33. The van der Waals surface area contributed by atoms with Crippen LogP contribution in [0.25, 0.3) is 0 Å². The third kappa shape index (κ3) is 2.51. The molecule has 0 saturated carbocycles. The van der Waals surface area contributed by atoms with Crippen molar-refractivity contribution in [3.8, 4) is 0 Å². The van der Waals surface area contributed by atoms with Gasteiger partial charge in [-0.15, -0.1) is 0 Å². The van der Waals surface area contributed by atoms with Crippen LogP contribution < -0.4 is 5.32 Å². The number of nitrogens with one attached hydrogen (secondary N) is 1. The normalized spacial score (nSPS) is 24.4. The quantitative estimate of drug-likeness (QED) is 0.863. The molecule has 1 amide bonds. The first-order valence-electron chi connectivity index (χ1n) is 5.22. The molecule has 86 valence electrons. The molecule has 0 aliphatic carbocycles. The van der Waals surface area contributed by atoms with Crippen LogP contribution in [0, 0.1) is 0 Å². The number of hydrogen-bond donors (Lipinski definition) is 1. The van der Waals surface area contributed by atoms with Gasteiger partial charge in [0.15, 0.2) is 0 Å². The van der Waals surface area contributed by atoms with E-state index in [1.165, 1.54) is 6.20 Å². The van der Waals surface area contributed by atoms with Gasteiger partial charge in [-0.25, -0.2) is 0 Å². The number of halogens is 1. The summed E-state index contributed by atoms with van der Waals surface area (Å²) in [6.45, 7) is 1.96. The maximum absolute atomic E-state index is 11.8. The Hall–Kier alpha value is -1.13. The minimum atomic E-state index is -0.369. The van der Waals surface area contributed by atoms with E-state index in [1.54, 1.807) is 12.3 Å². The highest BCUT2D eigenvalue weighted by Crippen LogP contribution is 2.23. The lowest BCUT2D eigenvalue weighted by Gasteiger charge is -2.12. The lowest BCUT2D eigenvalue weighted by molar-refractivity contribution is -0.126. The lowest BCUT2D eigenvalue weighted by atomic mass is 10.2. The van der Waals surface area contributed by atoms with Gasteiger partial charge in [0.2, 0.25) is 0 Å². The van der Waals surface area contributed by atoms with Crippen molar-refractivity contribution in [2.75, 3.05) is 5.32 Å². The number of carbonyl (C=O) groups is 1. The molecule has 1 aromatic rings. The lowest BCUT2D eigenvalue weighted by Crippen LogP contribution is -2.27. The number of amides is 1. The molecule has 2 rings (SSSR count). The van der Waals surface area contributed by atoms with Crippen molar-refractivity contribution in [1.82, 2.24) is 4.98 Å². The van der Waals surface area contributed by atoms with Crippen LogP contribution in [0.4, 0.5) is 5.69 Å². The van der Waals surface area contributed by atoms with E-state index in [2.05, 4.69) is 10.3 Å². The van der Waals surface area contributed by atoms with Gasteiger partial charge in [-0.1, -0.05) is 11.6 Å². The summed E-state index contributed by atoms with van der Waals surface area (Å²) >= 11 is 5.91. The topological polar surface area (TPSA) is 51.2 Å². The Labute approximate surface area is 99.0 Å². The van der Waals surface area contributed by atoms with Crippen LogP contribution in [0.15, 0.2) is 18.5 Å². The fraction of sp³-hybridized carbons (Fsp3) is 0.455. The molecule has 1 aliphatic rings. The van der Waals surface area contributed by atoms with E-state index < -0.39 is 0 Å². The van der Waals surface area contributed by atoms with Crippen molar-refractivity contribution in [3.63, 3.8) is 0 Å². The Bertz CT molecular complexity index is 397. The highest BCUT2D eigenvalue weighted by atomic mass is 35.5. The fourth-order valence-electron chi connectivity index (χ4n) is 1.68. The monoisotopic (exact) mass is 240 g/mol. The summed E-state index contributed by atoms with van der Waals surface area (Å²) in [7, 11) is 0. The standard InChI is InChI=1S/C11H13ClN2O2/c1-7-2-3-10(16-7)11(15)14-9-6-13-5-4-8(9)12/h4-7,10H,2-3H2,1H3,(H,14,15). The highest BCUT2D eigenvalue weighted by Gasteiger charge is 2.28. The van der Waals surface area contributed by atoms with E-state index in [0.717, 1.165) is 12.8 Å². The van der Waals surface area contributed by atoms with Gasteiger partial charge in [0.25, 0.3) is 5.91 Å². The van der Waals surface area contributed by atoms with Crippen molar-refractivity contribution in [2.45, 2.75) is 32.0 Å². The van der Waals surface area contributed by atoms with Gasteiger partial charge in [0.1, 0.15) is 6.10 Å². The van der Waals surface area contributed by atoms with E-state index in [1.807, 2.05) is 6.92 Å². The molecule has 16 heavy (non-hydrogen) atoms. The summed E-state index contributed by atoms with van der Waals surface area (Å²) < 4.78 is 5.46. The van der Waals surface area contributed by atoms with Crippen LogP contribution >= 0.6 is 11.6 Å². The smallest absolute Gasteiger partial charge is 0.253 e. The second-order valence-corrected chi connectivity index (χ2v) is 4.26. The summed E-state index contributed by atoms with van der Waals surface area (Å²) in [6.07, 6.45) is 4.56. The van der Waals surface area contributed by atoms with Gasteiger partial charge in [-0.2, -0.15) is 0 Å². The van der Waals surface area contributed by atoms with Gasteiger partial charge < -0.3 is 10.1 Å². The van der Waals surface area contributed by atoms with Crippen LogP contribution in [0.5, 0.6) is 0 Å². The predicted octanol–water partition coefficient (Wildman–Crippen LogP) is 2.24. The van der Waals surface area contributed by atoms with Gasteiger partial charge in [0, 0.05) is 6.20 Å². The van der Waals surface area contributed by atoms with Crippen molar-refractivity contribution in [2.24, 2.45) is 0 Å². The molecule has 2 unspecified atom stereocenters. The first kappa shape index (κ1) is 11.4. The summed E-state index contributed by atoms with van der Waals surface area (Å²) in [6, 6.07) is 1.63. The predicted molar refractivity (Wildman–Crippen MR) is 61.4 cm³/mol. The van der Waals surface area contributed by atoms with E-state index in [4.69, 9.17) is 16.3 Å². The molecule has 0 spiro atoms. The molecule has 0 aromatic carbocycles. The fourth-order valence-corrected chi connectivity index (χ4v) is 1.83. The second kappa shape index (κ2) is 4.80. The van der Waals surface area contributed by atoms with Crippen molar-refractivity contribution >= 4 is 23.2 Å². The molecular formula is C11H13ClN2O2. The molecule has 1 saturated heterocycles. The number of anilines is 1. The largest absolute Gasteiger partial charge is 0.365 e. The number of rotatable bonds is 2. The summed E-state index contributed by atoms with van der Waals surface area (Å²) in [5.41, 5.74) is 0.525. The molecule has 1 N–H and O–H groups in total.